The molecule has 8 nitrogen and oxygen atoms in total. The number of nitrogens with zero attached hydrogens (tertiary/aromatic N) is 3. The van der Waals surface area contributed by atoms with Crippen molar-refractivity contribution in [3.63, 3.8) is 0 Å². The summed E-state index contributed by atoms with van der Waals surface area (Å²) in [4.78, 5) is 16.8. The maximum absolute atomic E-state index is 14.3. The highest BCUT2D eigenvalue weighted by Crippen LogP contribution is 2.31. The number of hydrogen-bond acceptors (Lipinski definition) is 7. The predicted octanol–water partition coefficient (Wildman–Crippen LogP) is 5.42. The van der Waals surface area contributed by atoms with E-state index < -0.39 is 87.7 Å². The number of amides is 1. The number of sulfonamides is 1. The minimum absolute atomic E-state index is 0.00991. The Labute approximate surface area is 246 Å². The van der Waals surface area contributed by atoms with Crippen LogP contribution in [0.1, 0.15) is 52.5 Å². The third-order valence-electron chi connectivity index (χ3n) is 5.03. The summed E-state index contributed by atoms with van der Waals surface area (Å²) in [7, 11) is -5.01. The van der Waals surface area contributed by atoms with Crippen LogP contribution in [0.4, 0.5) is 4.79 Å². The van der Waals surface area contributed by atoms with Gasteiger partial charge in [0.2, 0.25) is 10.0 Å². The first kappa shape index (κ1) is 19.8. The number of aromatic nitrogens is 1. The van der Waals surface area contributed by atoms with Gasteiger partial charge in [-0.3, -0.25) is 4.90 Å². The van der Waals surface area contributed by atoms with Crippen LogP contribution in [0.5, 0.6) is 0 Å². The van der Waals surface area contributed by atoms with Crippen LogP contribution in [0.25, 0.3) is 10.2 Å². The van der Waals surface area contributed by atoms with Crippen molar-refractivity contribution in [3.05, 3.63) is 54.0 Å². The molecule has 38 heavy (non-hydrogen) atoms. The Morgan fingerprint density at radius 2 is 2.00 bits per heavy atom. The molecule has 1 heterocycles. The second-order valence-corrected chi connectivity index (χ2v) is 13.6. The van der Waals surface area contributed by atoms with Crippen LogP contribution in [0.3, 0.4) is 0 Å². The van der Waals surface area contributed by atoms with Crippen LogP contribution < -0.4 is 0 Å². The van der Waals surface area contributed by atoms with Gasteiger partial charge in [-0.05, 0) is 63.1 Å². The lowest BCUT2D eigenvalue weighted by atomic mass is 9.94. The van der Waals surface area contributed by atoms with Crippen molar-refractivity contribution >= 4 is 49.4 Å². The standard InChI is InChI=1S/C27H37N3O5S3/c1-18(2)16-29(38(34,35)20-12-13-21-24(15-20)37-25(28-21)36-6)17-23(31)22(14-19-10-8-7-9-11-19)30(26(32)33)27(3,4)5/h7-13,15,18,22-23,31H,14,16-17H2,1-6H3,(H,32,33)/t22-,23+/m0/s1/i7D,8D,10D,14D2,17D2,22D,23D. The Hall–Kier alpha value is -2.18. The van der Waals surface area contributed by atoms with E-state index in [0.717, 1.165) is 18.2 Å². The number of hydrogen-bond donors (Lipinski definition) is 2. The molecule has 0 aliphatic carbocycles. The van der Waals surface area contributed by atoms with Gasteiger partial charge >= 0.3 is 6.09 Å². The third-order valence-corrected chi connectivity index (χ3v) is 8.70. The quantitative estimate of drug-likeness (QED) is 0.288. The first-order valence-corrected chi connectivity index (χ1v) is 15.0. The fraction of sp³-hybridized carbons (Fsp3) is 0.481. The fourth-order valence-corrected chi connectivity index (χ4v) is 6.48. The van der Waals surface area contributed by atoms with Crippen molar-refractivity contribution in [1.29, 1.82) is 0 Å². The average Bonchev–Trinajstić information content (AvgIpc) is 3.35. The highest BCUT2D eigenvalue weighted by molar-refractivity contribution is 8.00. The highest BCUT2D eigenvalue weighted by atomic mass is 32.2. The molecule has 3 aromatic rings. The Kier molecular flexibility index (Phi) is 6.43. The second-order valence-electron chi connectivity index (χ2n) is 9.61. The lowest BCUT2D eigenvalue weighted by Gasteiger charge is -2.42. The maximum Gasteiger partial charge on any atom is 0.408 e. The molecule has 0 bridgehead atoms. The summed E-state index contributed by atoms with van der Waals surface area (Å²) in [5.74, 6) is -0.656. The largest absolute Gasteiger partial charge is 0.465 e. The lowest BCUT2D eigenvalue weighted by molar-refractivity contribution is 0.000541. The molecule has 2 N–H and O–H groups in total. The molecule has 0 saturated carbocycles. The summed E-state index contributed by atoms with van der Waals surface area (Å²) in [5, 5.41) is 22.4. The van der Waals surface area contributed by atoms with Gasteiger partial charge in [0, 0.05) is 24.1 Å². The summed E-state index contributed by atoms with van der Waals surface area (Å²) in [5.41, 5.74) is -2.27. The van der Waals surface area contributed by atoms with Crippen molar-refractivity contribution in [1.82, 2.24) is 14.2 Å². The Morgan fingerprint density at radius 3 is 2.61 bits per heavy atom. The fourth-order valence-electron chi connectivity index (χ4n) is 3.42. The van der Waals surface area contributed by atoms with Crippen LogP contribution >= 0.6 is 23.1 Å². The molecule has 1 amide bonds. The molecule has 0 unspecified atom stereocenters. The van der Waals surface area contributed by atoms with E-state index in [4.69, 9.17) is 11.0 Å². The molecular weight excluding hydrogens is 543 g/mol. The van der Waals surface area contributed by atoms with Gasteiger partial charge in [-0.25, -0.2) is 18.2 Å². The zero-order chi connectivity index (χ0) is 36.3. The van der Waals surface area contributed by atoms with Crippen molar-refractivity contribution < 1.29 is 35.8 Å². The van der Waals surface area contributed by atoms with Gasteiger partial charge in [-0.15, -0.1) is 11.3 Å². The number of carboxylic acid groups (broad SMARTS) is 1. The monoisotopic (exact) mass is 588 g/mol. The minimum atomic E-state index is -5.01. The van der Waals surface area contributed by atoms with Gasteiger partial charge in [0.05, 0.1) is 34.1 Å². The SMILES string of the molecule is [2H]c1ccc(C([2H])([2H])[C@]([2H])(N(C(=O)O)C(C)(C)C)[C@]([2H])(O)C([2H])([2H])N(CC(C)C)S(=O)(=O)c2ccc3nc(SC)sc3c2)c([2H])c1[2H]. The Morgan fingerprint density at radius 1 is 1.29 bits per heavy atom. The van der Waals surface area contributed by atoms with Crippen LogP contribution in [0, 0.1) is 5.92 Å². The van der Waals surface area contributed by atoms with E-state index >= 15 is 0 Å². The first-order valence-electron chi connectivity index (χ1n) is 16.0. The van der Waals surface area contributed by atoms with Crippen molar-refractivity contribution in [3.8, 4) is 0 Å². The van der Waals surface area contributed by atoms with Crippen molar-refractivity contribution in [2.75, 3.05) is 19.3 Å². The van der Waals surface area contributed by atoms with E-state index in [9.17, 15) is 24.8 Å². The third kappa shape index (κ3) is 7.26. The molecule has 3 rings (SSSR count). The zero-order valence-corrected chi connectivity index (χ0v) is 24.3. The lowest BCUT2D eigenvalue weighted by Crippen LogP contribution is -2.58. The molecule has 208 valence electrons. The molecule has 11 heteroatoms. The molecule has 0 radical (unpaired) electrons. The Bertz CT molecular complexity index is 1780. The minimum Gasteiger partial charge on any atom is -0.465 e. The predicted molar refractivity (Wildman–Crippen MR) is 155 cm³/mol. The number of rotatable bonds is 11. The van der Waals surface area contributed by atoms with Gasteiger partial charge < -0.3 is 10.2 Å². The van der Waals surface area contributed by atoms with E-state index in [-0.39, 0.29) is 9.21 Å². The summed E-state index contributed by atoms with van der Waals surface area (Å²) in [6.07, 6.45) is -8.24. The number of fused-ring (bicyclic) bond motifs is 1. The number of carbonyl (C=O) groups is 1. The summed E-state index contributed by atoms with van der Waals surface area (Å²) < 4.78 is 109. The zero-order valence-electron chi connectivity index (χ0n) is 30.9. The molecule has 0 spiro atoms. The number of thioether (sulfide) groups is 1. The number of aliphatic hydroxyl groups is 1. The second kappa shape index (κ2) is 12.3. The smallest absolute Gasteiger partial charge is 0.408 e. The van der Waals surface area contributed by atoms with E-state index in [0.29, 0.717) is 14.6 Å². The van der Waals surface area contributed by atoms with E-state index in [2.05, 4.69) is 4.98 Å². The molecule has 1 aromatic heterocycles. The van der Waals surface area contributed by atoms with Gasteiger partial charge in [0.15, 0.2) is 4.34 Å². The Balaban J connectivity index is 2.43. The highest BCUT2D eigenvalue weighted by Gasteiger charge is 2.39. The molecule has 0 aliphatic rings. The maximum atomic E-state index is 14.3. The van der Waals surface area contributed by atoms with Crippen molar-refractivity contribution in [2.24, 2.45) is 5.92 Å². The van der Waals surface area contributed by atoms with E-state index in [1.807, 2.05) is 0 Å². The van der Waals surface area contributed by atoms with E-state index in [1.54, 1.807) is 6.26 Å². The van der Waals surface area contributed by atoms with Crippen LogP contribution in [0.2, 0.25) is 0 Å². The molecule has 0 fully saturated rings. The topological polar surface area (TPSA) is 111 Å². The normalized spacial score (nSPS) is 20.1. The molecular formula is C27H37N3O5S3. The van der Waals surface area contributed by atoms with Gasteiger partial charge in [-0.2, -0.15) is 4.31 Å². The number of thiazole rings is 1. The first-order chi connectivity index (χ1) is 21.2. The average molecular weight is 589 g/mol. The van der Waals surface area contributed by atoms with Gasteiger partial charge in [-0.1, -0.05) is 55.9 Å². The molecule has 0 aliphatic heterocycles. The molecule has 2 aromatic carbocycles. The van der Waals surface area contributed by atoms with Crippen molar-refractivity contribution in [2.45, 2.75) is 67.9 Å². The van der Waals surface area contributed by atoms with Gasteiger partial charge in [0.1, 0.15) is 0 Å². The number of benzene rings is 2. The summed E-state index contributed by atoms with van der Waals surface area (Å²) in [6.45, 7) is 2.02. The van der Waals surface area contributed by atoms with Crippen LogP contribution in [-0.2, 0) is 16.4 Å². The van der Waals surface area contributed by atoms with Crippen LogP contribution in [0.15, 0.2) is 57.7 Å². The molecule has 2 atom stereocenters. The van der Waals surface area contributed by atoms with Crippen LogP contribution in [-0.4, -0.2) is 75.8 Å². The van der Waals surface area contributed by atoms with E-state index in [1.165, 1.54) is 69.9 Å². The summed E-state index contributed by atoms with van der Waals surface area (Å²) >= 11 is 2.50. The molecule has 0 saturated heterocycles. The summed E-state index contributed by atoms with van der Waals surface area (Å²) in [6, 6.07) is -0.744. The van der Waals surface area contributed by atoms with Gasteiger partial charge in [0.25, 0.3) is 0 Å².